The number of thiol groups is 1. The smallest absolute Gasteiger partial charge is 0.244 e. The number of nitrogens with zero attached hydrogens (tertiary/aromatic N) is 2. The van der Waals surface area contributed by atoms with E-state index in [-0.39, 0.29) is 6.04 Å². The van der Waals surface area contributed by atoms with E-state index in [2.05, 4.69) is 22.8 Å². The van der Waals surface area contributed by atoms with E-state index < -0.39 is 0 Å². The lowest BCUT2D eigenvalue weighted by Crippen LogP contribution is -2.11. The minimum atomic E-state index is -0.246. The van der Waals surface area contributed by atoms with Gasteiger partial charge in [0, 0.05) is 5.75 Å². The van der Waals surface area contributed by atoms with Crippen molar-refractivity contribution in [3.05, 3.63) is 11.7 Å². The molecule has 0 saturated carbocycles. The highest BCUT2D eigenvalue weighted by Gasteiger charge is 2.10. The first-order chi connectivity index (χ1) is 4.74. The van der Waals surface area contributed by atoms with Gasteiger partial charge < -0.3 is 10.3 Å². The van der Waals surface area contributed by atoms with Crippen LogP contribution in [-0.2, 0) is 0 Å². The highest BCUT2D eigenvalue weighted by molar-refractivity contribution is 7.80. The summed E-state index contributed by atoms with van der Waals surface area (Å²) in [6, 6.07) is -0.246. The maximum Gasteiger partial charge on any atom is 0.244 e. The summed E-state index contributed by atoms with van der Waals surface area (Å²) in [6.07, 6.45) is 0. The van der Waals surface area contributed by atoms with Gasteiger partial charge in [-0.2, -0.15) is 17.6 Å². The molecule has 2 N–H and O–H groups in total. The molecule has 0 spiro atoms. The van der Waals surface area contributed by atoms with Gasteiger partial charge in [-0.25, -0.2) is 0 Å². The molecule has 0 aliphatic rings. The van der Waals surface area contributed by atoms with Gasteiger partial charge in [-0.05, 0) is 6.92 Å². The maximum atomic E-state index is 5.53. The van der Waals surface area contributed by atoms with E-state index >= 15 is 0 Å². The third kappa shape index (κ3) is 1.48. The molecule has 1 aromatic rings. The van der Waals surface area contributed by atoms with Crippen molar-refractivity contribution >= 4 is 12.6 Å². The Balaban J connectivity index is 2.74. The van der Waals surface area contributed by atoms with Crippen LogP contribution in [0.1, 0.15) is 17.8 Å². The molecular formula is C5H9N3OS. The molecule has 0 radical (unpaired) electrons. The molecule has 0 amide bonds. The standard InChI is InChI=1S/C5H9N3OS/c1-3-7-5(9-8-3)4(6)2-10/h4,10H,2,6H2,1H3/t4-/m0/s1. The molecule has 0 unspecified atom stereocenters. The van der Waals surface area contributed by atoms with Crippen molar-refractivity contribution in [1.29, 1.82) is 0 Å². The fraction of sp³-hybridized carbons (Fsp3) is 0.600. The highest BCUT2D eigenvalue weighted by atomic mass is 32.1. The van der Waals surface area contributed by atoms with E-state index in [4.69, 9.17) is 10.3 Å². The zero-order valence-corrected chi connectivity index (χ0v) is 6.51. The minimum absolute atomic E-state index is 0.246. The second kappa shape index (κ2) is 3.03. The van der Waals surface area contributed by atoms with Crippen molar-refractivity contribution in [1.82, 2.24) is 10.1 Å². The van der Waals surface area contributed by atoms with Crippen LogP contribution in [0.15, 0.2) is 4.52 Å². The predicted molar refractivity (Wildman–Crippen MR) is 39.8 cm³/mol. The van der Waals surface area contributed by atoms with Crippen LogP contribution in [0.4, 0.5) is 0 Å². The molecule has 56 valence electrons. The molecule has 4 nitrogen and oxygen atoms in total. The van der Waals surface area contributed by atoms with Gasteiger partial charge in [0.15, 0.2) is 5.82 Å². The number of hydrogen-bond donors (Lipinski definition) is 2. The van der Waals surface area contributed by atoms with Crippen molar-refractivity contribution in [3.8, 4) is 0 Å². The number of nitrogens with two attached hydrogens (primary N) is 1. The third-order valence-electron chi connectivity index (χ3n) is 1.06. The van der Waals surface area contributed by atoms with E-state index in [0.29, 0.717) is 17.5 Å². The van der Waals surface area contributed by atoms with Crippen LogP contribution in [0.3, 0.4) is 0 Å². The zero-order valence-electron chi connectivity index (χ0n) is 5.61. The Labute approximate surface area is 64.2 Å². The largest absolute Gasteiger partial charge is 0.338 e. The zero-order chi connectivity index (χ0) is 7.56. The Hall–Kier alpha value is -0.550. The van der Waals surface area contributed by atoms with Crippen LogP contribution in [-0.4, -0.2) is 15.9 Å². The predicted octanol–water partition coefficient (Wildman–Crippen LogP) is 0.308. The topological polar surface area (TPSA) is 64.9 Å². The average molecular weight is 159 g/mol. The molecular weight excluding hydrogens is 150 g/mol. The summed E-state index contributed by atoms with van der Waals surface area (Å²) in [5.41, 5.74) is 5.53. The maximum absolute atomic E-state index is 5.53. The van der Waals surface area contributed by atoms with E-state index in [1.807, 2.05) is 0 Å². The summed E-state index contributed by atoms with van der Waals surface area (Å²) in [4.78, 5) is 3.93. The van der Waals surface area contributed by atoms with Gasteiger partial charge in [0.25, 0.3) is 0 Å². The van der Waals surface area contributed by atoms with Gasteiger partial charge in [-0.1, -0.05) is 5.16 Å². The molecule has 0 fully saturated rings. The van der Waals surface area contributed by atoms with Crippen LogP contribution in [0.5, 0.6) is 0 Å². The Morgan fingerprint density at radius 2 is 2.50 bits per heavy atom. The number of aryl methyl sites for hydroxylation is 1. The van der Waals surface area contributed by atoms with E-state index in [1.54, 1.807) is 6.92 Å². The third-order valence-corrected chi connectivity index (χ3v) is 1.45. The summed E-state index contributed by atoms with van der Waals surface area (Å²) < 4.78 is 4.78. The quantitative estimate of drug-likeness (QED) is 0.609. The average Bonchev–Trinajstić information content (AvgIpc) is 2.34. The number of hydrogen-bond acceptors (Lipinski definition) is 5. The number of rotatable bonds is 2. The van der Waals surface area contributed by atoms with Gasteiger partial charge in [0.2, 0.25) is 5.89 Å². The molecule has 0 aromatic carbocycles. The van der Waals surface area contributed by atoms with E-state index in [9.17, 15) is 0 Å². The summed E-state index contributed by atoms with van der Waals surface area (Å²) in [5.74, 6) is 1.57. The molecule has 0 bridgehead atoms. The van der Waals surface area contributed by atoms with Crippen LogP contribution in [0.2, 0.25) is 0 Å². The molecule has 1 rings (SSSR count). The Kier molecular flexibility index (Phi) is 2.29. The van der Waals surface area contributed by atoms with Crippen molar-refractivity contribution < 1.29 is 4.52 Å². The normalized spacial score (nSPS) is 13.5. The lowest BCUT2D eigenvalue weighted by Gasteiger charge is -1.98. The van der Waals surface area contributed by atoms with Gasteiger partial charge in [0.05, 0.1) is 6.04 Å². The first-order valence-corrected chi connectivity index (χ1v) is 3.54. The van der Waals surface area contributed by atoms with Gasteiger partial charge in [-0.3, -0.25) is 0 Å². The molecule has 0 aliphatic carbocycles. The second-order valence-electron chi connectivity index (χ2n) is 1.97. The van der Waals surface area contributed by atoms with Crippen molar-refractivity contribution in [2.24, 2.45) is 5.73 Å². The van der Waals surface area contributed by atoms with E-state index in [0.717, 1.165) is 0 Å². The first-order valence-electron chi connectivity index (χ1n) is 2.90. The second-order valence-corrected chi connectivity index (χ2v) is 2.33. The SMILES string of the molecule is Cc1noc([C@@H](N)CS)n1. The van der Waals surface area contributed by atoms with Crippen molar-refractivity contribution in [2.75, 3.05) is 5.75 Å². The van der Waals surface area contributed by atoms with Crippen LogP contribution in [0.25, 0.3) is 0 Å². The highest BCUT2D eigenvalue weighted by Crippen LogP contribution is 2.07. The van der Waals surface area contributed by atoms with Crippen molar-refractivity contribution in [2.45, 2.75) is 13.0 Å². The van der Waals surface area contributed by atoms with Crippen LogP contribution in [0, 0.1) is 6.92 Å². The Morgan fingerprint density at radius 1 is 1.80 bits per heavy atom. The van der Waals surface area contributed by atoms with Crippen LogP contribution >= 0.6 is 12.6 Å². The van der Waals surface area contributed by atoms with Gasteiger partial charge in [0.1, 0.15) is 0 Å². The van der Waals surface area contributed by atoms with Gasteiger partial charge in [-0.15, -0.1) is 0 Å². The molecule has 0 aliphatic heterocycles. The Morgan fingerprint density at radius 3 is 2.90 bits per heavy atom. The summed E-state index contributed by atoms with van der Waals surface area (Å²) in [7, 11) is 0. The molecule has 1 aromatic heterocycles. The fourth-order valence-corrected chi connectivity index (χ4v) is 0.698. The molecule has 10 heavy (non-hydrogen) atoms. The molecule has 1 atom stereocenters. The monoisotopic (exact) mass is 159 g/mol. The minimum Gasteiger partial charge on any atom is -0.338 e. The lowest BCUT2D eigenvalue weighted by atomic mass is 10.4. The number of aromatic nitrogens is 2. The molecule has 0 saturated heterocycles. The van der Waals surface area contributed by atoms with E-state index in [1.165, 1.54) is 0 Å². The van der Waals surface area contributed by atoms with Crippen molar-refractivity contribution in [3.63, 3.8) is 0 Å². The Bertz CT molecular complexity index is 212. The summed E-state index contributed by atoms with van der Waals surface area (Å²) in [5, 5.41) is 3.59. The summed E-state index contributed by atoms with van der Waals surface area (Å²) >= 11 is 3.98. The molecule has 5 heteroatoms. The fourth-order valence-electron chi connectivity index (χ4n) is 0.542. The first kappa shape index (κ1) is 7.56. The lowest BCUT2D eigenvalue weighted by molar-refractivity contribution is 0.360. The van der Waals surface area contributed by atoms with Crippen LogP contribution < -0.4 is 5.73 Å². The van der Waals surface area contributed by atoms with Gasteiger partial charge >= 0.3 is 0 Å². The summed E-state index contributed by atoms with van der Waals surface area (Å²) in [6.45, 7) is 1.75. The molecule has 1 heterocycles.